The fourth-order valence-electron chi connectivity index (χ4n) is 4.20. The summed E-state index contributed by atoms with van der Waals surface area (Å²) in [5, 5.41) is 12.9. The number of pyridine rings is 1. The summed E-state index contributed by atoms with van der Waals surface area (Å²) >= 11 is 1.58. The third kappa shape index (κ3) is 15.2. The summed E-state index contributed by atoms with van der Waals surface area (Å²) in [5.74, 6) is 2.00. The van der Waals surface area contributed by atoms with Crippen molar-refractivity contribution in [1.82, 2.24) is 15.3 Å². The maximum Gasteiger partial charge on any atom is 0.220 e. The Balaban J connectivity index is 0. The summed E-state index contributed by atoms with van der Waals surface area (Å²) in [5.41, 5.74) is 14.8. The van der Waals surface area contributed by atoms with Gasteiger partial charge in [-0.3, -0.25) is 0 Å². The second kappa shape index (κ2) is 25.6. The van der Waals surface area contributed by atoms with Crippen LogP contribution in [0, 0.1) is 19.8 Å². The highest BCUT2D eigenvalue weighted by Crippen LogP contribution is 2.33. The minimum absolute atomic E-state index is 0.117. The van der Waals surface area contributed by atoms with E-state index in [1.54, 1.807) is 11.3 Å². The van der Waals surface area contributed by atoms with Gasteiger partial charge in [-0.15, -0.1) is 0 Å². The molecule has 0 saturated carbocycles. The number of aryl methyl sites for hydroxylation is 2. The lowest BCUT2D eigenvalue weighted by atomic mass is 9.85. The van der Waals surface area contributed by atoms with E-state index >= 15 is 0 Å². The van der Waals surface area contributed by atoms with Crippen LogP contribution in [0.15, 0.2) is 54.6 Å². The van der Waals surface area contributed by atoms with Crippen molar-refractivity contribution in [2.45, 2.75) is 66.7 Å². The molecule has 0 aliphatic carbocycles. The second-order valence-electron chi connectivity index (χ2n) is 10.5. The minimum atomic E-state index is 0.117. The number of nitrogens with zero attached hydrogens (tertiary/aromatic N) is 2. The molecule has 1 fully saturated rings. The van der Waals surface area contributed by atoms with Crippen LogP contribution in [0.3, 0.4) is 0 Å². The van der Waals surface area contributed by atoms with Gasteiger partial charge in [0.05, 0.1) is 5.01 Å². The zero-order chi connectivity index (χ0) is 35.7. The first-order valence-electron chi connectivity index (χ1n) is 15.4. The topological polar surface area (TPSA) is 153 Å². The molecule has 1 saturated heterocycles. The van der Waals surface area contributed by atoms with Crippen LogP contribution in [0.1, 0.15) is 63.6 Å². The molecule has 9 nitrogen and oxygen atoms in total. The molecule has 4 aromatic rings. The largest absolute Gasteiger partial charge is 0.439 e. The molecule has 5 rings (SSSR count). The molecule has 0 atom stereocenters. The van der Waals surface area contributed by atoms with E-state index in [0.29, 0.717) is 18.4 Å². The molecule has 0 amide bonds. The first kappa shape index (κ1) is 44.6. The minimum Gasteiger partial charge on any atom is -0.439 e. The van der Waals surface area contributed by atoms with Gasteiger partial charge in [0.25, 0.3) is 0 Å². The highest BCUT2D eigenvalue weighted by atomic mass is 32.1. The highest BCUT2D eigenvalue weighted by molar-refractivity contribution is 7.18. The van der Waals surface area contributed by atoms with Gasteiger partial charge in [-0.2, -0.15) is 0 Å². The monoisotopic (exact) mass is 655 g/mol. The molecule has 0 unspecified atom stereocenters. The Labute approximate surface area is 280 Å². The average Bonchev–Trinajstić information content (AvgIpc) is 3.50. The Morgan fingerprint density at radius 1 is 0.891 bits per heavy atom. The molecule has 256 valence electrons. The van der Waals surface area contributed by atoms with E-state index in [2.05, 4.69) is 96.9 Å². The van der Waals surface area contributed by atoms with E-state index in [0.717, 1.165) is 58.2 Å². The van der Waals surface area contributed by atoms with Crippen molar-refractivity contribution in [1.29, 1.82) is 0 Å². The molecule has 0 radical (unpaired) electrons. The summed E-state index contributed by atoms with van der Waals surface area (Å²) in [4.78, 5) is 26.0. The lowest BCUT2D eigenvalue weighted by Gasteiger charge is -2.20. The van der Waals surface area contributed by atoms with Gasteiger partial charge >= 0.3 is 0 Å². The van der Waals surface area contributed by atoms with Crippen molar-refractivity contribution >= 4 is 35.3 Å². The van der Waals surface area contributed by atoms with Gasteiger partial charge in [-0.1, -0.05) is 82.4 Å². The first-order valence-corrected chi connectivity index (χ1v) is 16.2. The predicted molar refractivity (Wildman–Crippen MR) is 196 cm³/mol. The molecule has 2 aromatic carbocycles. The third-order valence-electron chi connectivity index (χ3n) is 6.52. The number of aromatic nitrogens is 2. The molecule has 2 aromatic heterocycles. The molecule has 1 aliphatic rings. The fourth-order valence-corrected chi connectivity index (χ4v) is 4.98. The molecule has 0 spiro atoms. The van der Waals surface area contributed by atoms with Crippen LogP contribution < -0.4 is 21.5 Å². The molecule has 0 bridgehead atoms. The van der Waals surface area contributed by atoms with Crippen molar-refractivity contribution in [2.24, 2.45) is 17.4 Å². The number of benzene rings is 2. The quantitative estimate of drug-likeness (QED) is 0.185. The Kier molecular flexibility index (Phi) is 24.8. The number of ether oxygens (including phenoxy) is 1. The molecule has 10 heteroatoms. The maximum atomic E-state index is 8.66. The summed E-state index contributed by atoms with van der Waals surface area (Å²) < 4.78 is 6.15. The smallest absolute Gasteiger partial charge is 0.220 e. The van der Waals surface area contributed by atoms with E-state index in [4.69, 9.17) is 19.4 Å². The van der Waals surface area contributed by atoms with Gasteiger partial charge in [-0.25, -0.2) is 9.97 Å². The van der Waals surface area contributed by atoms with Crippen LogP contribution in [-0.4, -0.2) is 62.4 Å². The highest BCUT2D eigenvalue weighted by Gasteiger charge is 2.15. The third-order valence-corrected chi connectivity index (χ3v) is 7.40. The van der Waals surface area contributed by atoms with Crippen LogP contribution in [-0.2, 0) is 15.0 Å². The number of aliphatic hydroxyl groups is 1. The number of carbonyl (C=O) groups excluding carboxylic acids is 2. The second-order valence-corrected chi connectivity index (χ2v) is 11.7. The van der Waals surface area contributed by atoms with E-state index in [9.17, 15) is 0 Å². The standard InChI is InChI=1S/C24H24N2OS.C6H13NO.C2H6.2CH5N.2CH2O/c1-15-9-10-18(17-7-6-8-19(13-17)24(3,4)5)14-21(15)27-22-12-11-20-23(26-22)28-16(2)25-20;8-5-6-1-3-7-4-2-6;5*1-2/h6-14H,1-5H3;6-8H,1-5H2;1-2H3;2*2H2,1H3;2*1H2. The Morgan fingerprint density at radius 3 is 2.02 bits per heavy atom. The molecular weight excluding hydrogens is 598 g/mol. The summed E-state index contributed by atoms with van der Waals surface area (Å²) in [6.07, 6.45) is 2.30. The fraction of sp³-hybridized carbons (Fsp3) is 0.444. The van der Waals surface area contributed by atoms with Crippen LogP contribution in [0.25, 0.3) is 21.5 Å². The maximum absolute atomic E-state index is 8.66. The van der Waals surface area contributed by atoms with E-state index in [-0.39, 0.29) is 5.41 Å². The number of nitrogens with one attached hydrogen (secondary N) is 1. The normalized spacial score (nSPS) is 11.8. The van der Waals surface area contributed by atoms with Crippen molar-refractivity contribution in [3.05, 3.63) is 70.7 Å². The van der Waals surface area contributed by atoms with Crippen molar-refractivity contribution in [2.75, 3.05) is 33.8 Å². The lowest BCUT2D eigenvalue weighted by molar-refractivity contribution is -0.0987. The number of piperidine rings is 1. The van der Waals surface area contributed by atoms with Gasteiger partial charge < -0.3 is 36.2 Å². The van der Waals surface area contributed by atoms with E-state index in [1.807, 2.05) is 46.5 Å². The number of nitrogens with two attached hydrogens (primary N) is 2. The number of carbonyl (C=O) groups is 2. The molecule has 6 N–H and O–H groups in total. The zero-order valence-electron chi connectivity index (χ0n) is 29.4. The van der Waals surface area contributed by atoms with Gasteiger partial charge in [0.2, 0.25) is 5.88 Å². The number of hydrogen-bond acceptors (Lipinski definition) is 10. The number of rotatable bonds is 4. The van der Waals surface area contributed by atoms with E-state index in [1.165, 1.54) is 25.2 Å². The van der Waals surface area contributed by atoms with Crippen LogP contribution >= 0.6 is 11.3 Å². The van der Waals surface area contributed by atoms with Gasteiger partial charge in [-0.05, 0) is 99.6 Å². The Hall–Kier alpha value is -3.54. The van der Waals surface area contributed by atoms with Crippen LogP contribution in [0.5, 0.6) is 11.6 Å². The van der Waals surface area contributed by atoms with Gasteiger partial charge in [0.15, 0.2) is 0 Å². The zero-order valence-corrected chi connectivity index (χ0v) is 30.2. The molecule has 3 heterocycles. The first-order chi connectivity index (χ1) is 22.2. The Morgan fingerprint density at radius 2 is 1.48 bits per heavy atom. The van der Waals surface area contributed by atoms with Crippen molar-refractivity contribution in [3.8, 4) is 22.8 Å². The summed E-state index contributed by atoms with van der Waals surface area (Å²) in [6.45, 7) is 21.3. The number of thiazole rings is 1. The van der Waals surface area contributed by atoms with Crippen molar-refractivity contribution < 1.29 is 19.4 Å². The van der Waals surface area contributed by atoms with Crippen LogP contribution in [0.2, 0.25) is 0 Å². The summed E-state index contributed by atoms with van der Waals surface area (Å²) in [7, 11) is 3.00. The van der Waals surface area contributed by atoms with E-state index < -0.39 is 0 Å². The predicted octanol–water partition coefficient (Wildman–Crippen LogP) is 6.85. The van der Waals surface area contributed by atoms with Gasteiger partial charge in [0, 0.05) is 12.7 Å². The average molecular weight is 656 g/mol. The lowest BCUT2D eigenvalue weighted by Crippen LogP contribution is -2.29. The van der Waals surface area contributed by atoms with Crippen LogP contribution in [0.4, 0.5) is 0 Å². The summed E-state index contributed by atoms with van der Waals surface area (Å²) in [6, 6.07) is 18.9. The van der Waals surface area contributed by atoms with Gasteiger partial charge in [0.1, 0.15) is 29.7 Å². The van der Waals surface area contributed by atoms with Crippen molar-refractivity contribution in [3.63, 3.8) is 0 Å². The number of hydrogen-bond donors (Lipinski definition) is 4. The number of aliphatic hydroxyl groups excluding tert-OH is 1. The molecular formula is C36H57N5O4S. The molecule has 46 heavy (non-hydrogen) atoms. The Bertz CT molecular complexity index is 1350. The SMILES string of the molecule is C=O.C=O.CC.CN.CN.Cc1nc2ccc(Oc3cc(-c4cccc(C(C)(C)C)c4)ccc3C)nc2s1.OCC1CCNCC1. The number of fused-ring (bicyclic) bond motifs is 1. The molecule has 1 aliphatic heterocycles.